The van der Waals surface area contributed by atoms with Gasteiger partial charge in [0.1, 0.15) is 6.07 Å². The van der Waals surface area contributed by atoms with Gasteiger partial charge in [0.15, 0.2) is 5.69 Å². The van der Waals surface area contributed by atoms with E-state index >= 15 is 0 Å². The van der Waals surface area contributed by atoms with Gasteiger partial charge in [-0.3, -0.25) is 0 Å². The summed E-state index contributed by atoms with van der Waals surface area (Å²) in [7, 11) is 0. The molecule has 0 amide bonds. The number of fused-ring (bicyclic) bond motifs is 1. The molecule has 5 heteroatoms. The molecule has 0 bridgehead atoms. The third kappa shape index (κ3) is 3.01. The Morgan fingerprint density at radius 2 is 2.19 bits per heavy atom. The van der Waals surface area contributed by atoms with E-state index in [1.807, 2.05) is 24.3 Å². The number of nitrogens with one attached hydrogen (secondary N) is 2. The lowest BCUT2D eigenvalue weighted by Gasteiger charge is -2.15. The zero-order valence-electron chi connectivity index (χ0n) is 11.8. The van der Waals surface area contributed by atoms with Crippen molar-refractivity contribution in [3.05, 3.63) is 41.6 Å². The number of benzene rings is 1. The minimum atomic E-state index is 0.355. The van der Waals surface area contributed by atoms with Crippen LogP contribution in [0.4, 0.5) is 5.69 Å². The van der Waals surface area contributed by atoms with E-state index in [2.05, 4.69) is 33.0 Å². The largest absolute Gasteiger partial charge is 0.382 e. The van der Waals surface area contributed by atoms with Crippen LogP contribution in [0.1, 0.15) is 18.5 Å². The van der Waals surface area contributed by atoms with Crippen LogP contribution in [0.15, 0.2) is 35.9 Å². The molecular weight excluding hydrogens is 262 g/mol. The molecule has 3 rings (SSSR count). The zero-order chi connectivity index (χ0) is 14.5. The molecule has 0 fully saturated rings. The highest BCUT2D eigenvalue weighted by atomic mass is 15.1. The average molecular weight is 279 g/mol. The topological polar surface area (TPSA) is 73.6 Å². The molecule has 2 aromatic rings. The van der Waals surface area contributed by atoms with E-state index < -0.39 is 0 Å². The summed E-state index contributed by atoms with van der Waals surface area (Å²) >= 11 is 0. The van der Waals surface area contributed by atoms with Crippen LogP contribution in [0.5, 0.6) is 0 Å². The van der Waals surface area contributed by atoms with Crippen LogP contribution >= 0.6 is 0 Å². The third-order valence-corrected chi connectivity index (χ3v) is 3.68. The molecule has 2 N–H and O–H groups in total. The van der Waals surface area contributed by atoms with E-state index in [1.165, 1.54) is 5.57 Å². The first-order chi connectivity index (χ1) is 10.4. The highest BCUT2D eigenvalue weighted by molar-refractivity contribution is 5.92. The van der Waals surface area contributed by atoms with Crippen LogP contribution in [0, 0.1) is 11.3 Å². The van der Waals surface area contributed by atoms with Gasteiger partial charge in [0, 0.05) is 18.5 Å². The molecular formula is C16H17N5. The molecule has 1 aliphatic rings. The maximum absolute atomic E-state index is 9.21. The lowest BCUT2D eigenvalue weighted by atomic mass is 10.1. The van der Waals surface area contributed by atoms with Gasteiger partial charge in [-0.2, -0.15) is 5.26 Å². The summed E-state index contributed by atoms with van der Waals surface area (Å²) in [5.74, 6) is 0. The van der Waals surface area contributed by atoms with Crippen molar-refractivity contribution in [2.24, 2.45) is 0 Å². The predicted molar refractivity (Wildman–Crippen MR) is 82.9 cm³/mol. The van der Waals surface area contributed by atoms with Crippen LogP contribution in [-0.4, -0.2) is 29.8 Å². The zero-order valence-corrected chi connectivity index (χ0v) is 11.8. The number of hydrogen-bond acceptors (Lipinski definition) is 5. The Morgan fingerprint density at radius 3 is 3.00 bits per heavy atom. The smallest absolute Gasteiger partial charge is 0.186 e. The first kappa shape index (κ1) is 13.5. The molecule has 21 heavy (non-hydrogen) atoms. The normalized spacial score (nSPS) is 14.5. The van der Waals surface area contributed by atoms with Crippen molar-refractivity contribution < 1.29 is 0 Å². The maximum atomic E-state index is 9.21. The lowest BCUT2D eigenvalue weighted by molar-refractivity contribution is 0.683. The van der Waals surface area contributed by atoms with Crippen molar-refractivity contribution in [2.75, 3.05) is 25.0 Å². The molecule has 2 heterocycles. The fraction of sp³-hybridized carbons (Fsp3) is 0.312. The number of nitriles is 1. The van der Waals surface area contributed by atoms with Crippen molar-refractivity contribution in [1.82, 2.24) is 15.5 Å². The van der Waals surface area contributed by atoms with Crippen molar-refractivity contribution >= 4 is 16.6 Å². The summed E-state index contributed by atoms with van der Waals surface area (Å²) in [4.78, 5) is 0. The molecule has 0 unspecified atom stereocenters. The van der Waals surface area contributed by atoms with Gasteiger partial charge in [-0.25, -0.2) is 0 Å². The third-order valence-electron chi connectivity index (χ3n) is 3.68. The molecule has 106 valence electrons. The minimum Gasteiger partial charge on any atom is -0.382 e. The van der Waals surface area contributed by atoms with E-state index in [0.717, 1.165) is 49.1 Å². The first-order valence-electron chi connectivity index (χ1n) is 7.16. The summed E-state index contributed by atoms with van der Waals surface area (Å²) in [6.45, 7) is 2.81. The number of nitrogens with zero attached hydrogens (tertiary/aromatic N) is 3. The molecule has 0 spiro atoms. The summed E-state index contributed by atoms with van der Waals surface area (Å²) in [6, 6.07) is 9.86. The van der Waals surface area contributed by atoms with Crippen molar-refractivity contribution in [2.45, 2.75) is 12.8 Å². The average Bonchev–Trinajstić information content (AvgIpc) is 2.56. The van der Waals surface area contributed by atoms with Crippen molar-refractivity contribution in [3.8, 4) is 6.07 Å². The van der Waals surface area contributed by atoms with Gasteiger partial charge in [-0.15, -0.1) is 10.2 Å². The lowest BCUT2D eigenvalue weighted by Crippen LogP contribution is -2.21. The van der Waals surface area contributed by atoms with Crippen LogP contribution in [-0.2, 0) is 0 Å². The number of anilines is 1. The fourth-order valence-electron chi connectivity index (χ4n) is 2.56. The number of hydrogen-bond donors (Lipinski definition) is 2. The second-order valence-electron chi connectivity index (χ2n) is 5.05. The van der Waals surface area contributed by atoms with Crippen molar-refractivity contribution in [1.29, 1.82) is 5.26 Å². The Morgan fingerprint density at radius 1 is 1.29 bits per heavy atom. The van der Waals surface area contributed by atoms with Gasteiger partial charge in [0.2, 0.25) is 0 Å². The Balaban J connectivity index is 1.79. The van der Waals surface area contributed by atoms with Crippen LogP contribution in [0.25, 0.3) is 10.9 Å². The molecule has 0 saturated carbocycles. The minimum absolute atomic E-state index is 0.355. The van der Waals surface area contributed by atoms with E-state index in [0.29, 0.717) is 5.69 Å². The summed E-state index contributed by atoms with van der Waals surface area (Å²) in [5, 5.41) is 24.9. The SMILES string of the molecule is N#Cc1nnc2ccccc2c1NCCC1=CCNCC1. The maximum Gasteiger partial charge on any atom is 0.186 e. The van der Waals surface area contributed by atoms with E-state index in [-0.39, 0.29) is 0 Å². The summed E-state index contributed by atoms with van der Waals surface area (Å²) in [6.07, 6.45) is 4.34. The van der Waals surface area contributed by atoms with Crippen LogP contribution in [0.2, 0.25) is 0 Å². The Labute approximate surface area is 123 Å². The van der Waals surface area contributed by atoms with E-state index in [9.17, 15) is 5.26 Å². The molecule has 0 radical (unpaired) electrons. The Hall–Kier alpha value is -2.45. The Kier molecular flexibility index (Phi) is 4.08. The molecule has 0 atom stereocenters. The van der Waals surface area contributed by atoms with Gasteiger partial charge in [-0.05, 0) is 25.5 Å². The number of aromatic nitrogens is 2. The molecule has 1 aromatic carbocycles. The molecule has 1 aliphatic heterocycles. The second kappa shape index (κ2) is 6.33. The molecule has 0 aliphatic carbocycles. The molecule has 1 aromatic heterocycles. The van der Waals surface area contributed by atoms with Crippen LogP contribution < -0.4 is 10.6 Å². The standard InChI is InChI=1S/C16H17N5/c17-11-15-16(13-3-1-2-4-14(13)20-21-15)19-10-7-12-5-8-18-9-6-12/h1-5,18H,6-10H2,(H,19,20). The number of rotatable bonds is 4. The monoisotopic (exact) mass is 279 g/mol. The quantitative estimate of drug-likeness (QED) is 0.839. The molecule has 0 saturated heterocycles. The first-order valence-corrected chi connectivity index (χ1v) is 7.16. The van der Waals surface area contributed by atoms with Gasteiger partial charge < -0.3 is 10.6 Å². The highest BCUT2D eigenvalue weighted by Gasteiger charge is 2.10. The Bertz CT molecular complexity index is 714. The highest BCUT2D eigenvalue weighted by Crippen LogP contribution is 2.24. The second-order valence-corrected chi connectivity index (χ2v) is 5.05. The fourth-order valence-corrected chi connectivity index (χ4v) is 2.56. The van der Waals surface area contributed by atoms with Crippen LogP contribution in [0.3, 0.4) is 0 Å². The van der Waals surface area contributed by atoms with E-state index in [4.69, 9.17) is 0 Å². The predicted octanol–water partition coefficient (Wildman–Crippen LogP) is 2.22. The van der Waals surface area contributed by atoms with Gasteiger partial charge in [-0.1, -0.05) is 29.8 Å². The summed E-state index contributed by atoms with van der Waals surface area (Å²) < 4.78 is 0. The van der Waals surface area contributed by atoms with Gasteiger partial charge in [0.05, 0.1) is 11.2 Å². The van der Waals surface area contributed by atoms with Gasteiger partial charge in [0.25, 0.3) is 0 Å². The van der Waals surface area contributed by atoms with E-state index in [1.54, 1.807) is 0 Å². The van der Waals surface area contributed by atoms with Crippen molar-refractivity contribution in [3.63, 3.8) is 0 Å². The summed E-state index contributed by atoms with van der Waals surface area (Å²) in [5.41, 5.74) is 3.41. The van der Waals surface area contributed by atoms with Gasteiger partial charge >= 0.3 is 0 Å². The molecule has 5 nitrogen and oxygen atoms in total.